The molecule has 37 heavy (non-hydrogen) atoms. The number of primary amides is 1. The van der Waals surface area contributed by atoms with Gasteiger partial charge in [0.05, 0.1) is 6.07 Å². The SMILES string of the molecule is CC(C)(C)OC(=O)N1[C@@H]2CC[C@@H](C2)[C@H]1C(=O)NC(C#N)Cc1ccc(-c2ccc(C(N)=O)cc2)cc1F. The number of benzene rings is 2. The number of nitrogens with two attached hydrogens (primary N) is 1. The Bertz CT molecular complexity index is 1250. The lowest BCUT2D eigenvalue weighted by atomic mass is 9.96. The molecule has 194 valence electrons. The average Bonchev–Trinajstić information content (AvgIpc) is 3.45. The van der Waals surface area contributed by atoms with Crippen molar-refractivity contribution in [2.24, 2.45) is 11.7 Å². The Balaban J connectivity index is 1.45. The molecule has 1 unspecified atom stereocenters. The summed E-state index contributed by atoms with van der Waals surface area (Å²) in [5.74, 6) is -1.47. The van der Waals surface area contributed by atoms with E-state index in [9.17, 15) is 24.0 Å². The van der Waals surface area contributed by atoms with Gasteiger partial charge in [0.2, 0.25) is 11.8 Å². The van der Waals surface area contributed by atoms with E-state index in [4.69, 9.17) is 10.5 Å². The van der Waals surface area contributed by atoms with Crippen molar-refractivity contribution in [3.8, 4) is 17.2 Å². The first kappa shape index (κ1) is 26.1. The number of nitrogens with zero attached hydrogens (tertiary/aromatic N) is 2. The number of halogens is 1. The number of rotatable bonds is 6. The number of nitrogens with one attached hydrogen (secondary N) is 1. The first-order valence-corrected chi connectivity index (χ1v) is 12.4. The lowest BCUT2D eigenvalue weighted by Crippen LogP contribution is -2.55. The van der Waals surface area contributed by atoms with Crippen LogP contribution in [-0.4, -0.2) is 46.5 Å². The van der Waals surface area contributed by atoms with Gasteiger partial charge in [-0.2, -0.15) is 5.26 Å². The topological polar surface area (TPSA) is 126 Å². The molecule has 0 radical (unpaired) electrons. The van der Waals surface area contributed by atoms with Crippen molar-refractivity contribution in [3.05, 3.63) is 59.4 Å². The third kappa shape index (κ3) is 5.74. The molecule has 2 fully saturated rings. The van der Waals surface area contributed by atoms with Gasteiger partial charge in [-0.3, -0.25) is 14.5 Å². The van der Waals surface area contributed by atoms with Gasteiger partial charge in [0, 0.05) is 18.0 Å². The van der Waals surface area contributed by atoms with E-state index in [1.54, 1.807) is 57.2 Å². The second-order valence-corrected chi connectivity index (χ2v) is 10.7. The molecule has 3 amide bonds. The first-order chi connectivity index (χ1) is 17.5. The molecular weight excluding hydrogens is 475 g/mol. The van der Waals surface area contributed by atoms with Crippen LogP contribution in [0.3, 0.4) is 0 Å². The quantitative estimate of drug-likeness (QED) is 0.614. The fourth-order valence-corrected chi connectivity index (χ4v) is 5.23. The standard InChI is InChI=1S/C28H31FN4O4/c1-28(2,3)37-27(36)33-22-11-10-20(13-22)24(33)26(35)32-21(15-30)12-19-9-8-18(14-23(19)29)16-4-6-17(7-5-16)25(31)34/h4-9,14,20-22,24H,10-13H2,1-3H3,(H2,31,34)(H,32,35)/t20-,21?,22+,24-/m0/s1. The van der Waals surface area contributed by atoms with Crippen molar-refractivity contribution < 1.29 is 23.5 Å². The minimum atomic E-state index is -0.970. The molecule has 1 saturated heterocycles. The van der Waals surface area contributed by atoms with Crippen molar-refractivity contribution in [1.29, 1.82) is 5.26 Å². The highest BCUT2D eigenvalue weighted by molar-refractivity contribution is 5.93. The van der Waals surface area contributed by atoms with Crippen molar-refractivity contribution in [2.75, 3.05) is 0 Å². The van der Waals surface area contributed by atoms with Crippen molar-refractivity contribution in [2.45, 2.75) is 70.2 Å². The van der Waals surface area contributed by atoms with Gasteiger partial charge in [0.25, 0.3) is 0 Å². The maximum Gasteiger partial charge on any atom is 0.411 e. The normalized spacial score (nSPS) is 21.3. The fraction of sp³-hybridized carbons (Fsp3) is 0.429. The van der Waals surface area contributed by atoms with E-state index in [2.05, 4.69) is 5.32 Å². The lowest BCUT2D eigenvalue weighted by Gasteiger charge is -2.35. The molecule has 9 heteroatoms. The zero-order valence-electron chi connectivity index (χ0n) is 21.2. The summed E-state index contributed by atoms with van der Waals surface area (Å²) in [4.78, 5) is 38.9. The summed E-state index contributed by atoms with van der Waals surface area (Å²) < 4.78 is 20.5. The van der Waals surface area contributed by atoms with Crippen LogP contribution >= 0.6 is 0 Å². The Hall–Kier alpha value is -3.93. The third-order valence-electron chi connectivity index (χ3n) is 6.91. The highest BCUT2D eigenvalue weighted by Gasteiger charge is 2.52. The summed E-state index contributed by atoms with van der Waals surface area (Å²) in [6, 6.07) is 11.5. The van der Waals surface area contributed by atoms with Gasteiger partial charge in [-0.05, 0) is 80.8 Å². The molecular formula is C28H31FN4O4. The summed E-state index contributed by atoms with van der Waals surface area (Å²) in [6.07, 6.45) is 1.82. The van der Waals surface area contributed by atoms with Gasteiger partial charge in [-0.1, -0.05) is 24.3 Å². The zero-order chi connectivity index (χ0) is 26.9. The van der Waals surface area contributed by atoms with Gasteiger partial charge in [-0.15, -0.1) is 0 Å². The maximum atomic E-state index is 15.0. The van der Waals surface area contributed by atoms with Crippen LogP contribution in [0, 0.1) is 23.1 Å². The molecule has 3 N–H and O–H groups in total. The predicted octanol–water partition coefficient (Wildman–Crippen LogP) is 3.93. The molecule has 2 aromatic rings. The van der Waals surface area contributed by atoms with E-state index in [1.165, 1.54) is 11.0 Å². The molecule has 2 aliphatic rings. The maximum absolute atomic E-state index is 15.0. The number of carbonyl (C=O) groups is 3. The van der Waals surface area contributed by atoms with Crippen LogP contribution in [-0.2, 0) is 16.0 Å². The molecule has 0 aromatic heterocycles. The van der Waals surface area contributed by atoms with E-state index in [0.717, 1.165) is 19.3 Å². The second kappa shape index (κ2) is 10.2. The van der Waals surface area contributed by atoms with Crippen molar-refractivity contribution >= 4 is 17.9 Å². The van der Waals surface area contributed by atoms with Crippen LogP contribution in [0.25, 0.3) is 11.1 Å². The molecule has 2 aromatic carbocycles. The van der Waals surface area contributed by atoms with E-state index in [-0.39, 0.29) is 23.9 Å². The lowest BCUT2D eigenvalue weighted by molar-refractivity contribution is -0.128. The zero-order valence-corrected chi connectivity index (χ0v) is 21.2. The van der Waals surface area contributed by atoms with E-state index >= 15 is 0 Å². The molecule has 4 rings (SSSR count). The summed E-state index contributed by atoms with van der Waals surface area (Å²) in [7, 11) is 0. The molecule has 1 aliphatic heterocycles. The number of likely N-dealkylation sites (tertiary alicyclic amines) is 1. The van der Waals surface area contributed by atoms with Crippen molar-refractivity contribution in [3.63, 3.8) is 0 Å². The van der Waals surface area contributed by atoms with Crippen LogP contribution in [0.4, 0.5) is 9.18 Å². The second-order valence-electron chi connectivity index (χ2n) is 10.7. The highest BCUT2D eigenvalue weighted by atomic mass is 19.1. The minimum Gasteiger partial charge on any atom is -0.444 e. The number of carbonyl (C=O) groups excluding carboxylic acids is 3. The Morgan fingerprint density at radius 3 is 2.43 bits per heavy atom. The number of hydrogen-bond acceptors (Lipinski definition) is 5. The summed E-state index contributed by atoms with van der Waals surface area (Å²) in [5.41, 5.74) is 6.52. The molecule has 1 saturated carbocycles. The third-order valence-corrected chi connectivity index (χ3v) is 6.91. The summed E-state index contributed by atoms with van der Waals surface area (Å²) in [6.45, 7) is 5.32. The van der Waals surface area contributed by atoms with Gasteiger partial charge < -0.3 is 15.8 Å². The summed E-state index contributed by atoms with van der Waals surface area (Å²) >= 11 is 0. The fourth-order valence-electron chi connectivity index (χ4n) is 5.23. The molecule has 2 bridgehead atoms. The van der Waals surface area contributed by atoms with Gasteiger partial charge in [0.1, 0.15) is 23.5 Å². The number of hydrogen-bond donors (Lipinski definition) is 2. The molecule has 4 atom stereocenters. The minimum absolute atomic E-state index is 0.00818. The summed E-state index contributed by atoms with van der Waals surface area (Å²) in [5, 5.41) is 12.4. The number of nitriles is 1. The average molecular weight is 507 g/mol. The Morgan fingerprint density at radius 1 is 1.16 bits per heavy atom. The Kier molecular flexibility index (Phi) is 7.21. The van der Waals surface area contributed by atoms with Crippen LogP contribution in [0.5, 0.6) is 0 Å². The Labute approximate surface area is 215 Å². The van der Waals surface area contributed by atoms with Crippen molar-refractivity contribution in [1.82, 2.24) is 10.2 Å². The van der Waals surface area contributed by atoms with Crippen LogP contribution < -0.4 is 11.1 Å². The number of ether oxygens (including phenoxy) is 1. The number of fused-ring (bicyclic) bond motifs is 2. The van der Waals surface area contributed by atoms with Gasteiger partial charge in [0.15, 0.2) is 0 Å². The van der Waals surface area contributed by atoms with Crippen LogP contribution in [0.15, 0.2) is 42.5 Å². The predicted molar refractivity (Wildman–Crippen MR) is 135 cm³/mol. The van der Waals surface area contributed by atoms with E-state index in [0.29, 0.717) is 16.7 Å². The smallest absolute Gasteiger partial charge is 0.411 e. The van der Waals surface area contributed by atoms with Gasteiger partial charge in [-0.25, -0.2) is 9.18 Å². The monoisotopic (exact) mass is 506 g/mol. The van der Waals surface area contributed by atoms with Gasteiger partial charge >= 0.3 is 6.09 Å². The van der Waals surface area contributed by atoms with E-state index < -0.39 is 41.4 Å². The first-order valence-electron chi connectivity index (χ1n) is 12.4. The molecule has 8 nitrogen and oxygen atoms in total. The van der Waals surface area contributed by atoms with Crippen LogP contribution in [0.2, 0.25) is 0 Å². The molecule has 1 heterocycles. The largest absolute Gasteiger partial charge is 0.444 e. The molecule has 1 aliphatic carbocycles. The Morgan fingerprint density at radius 2 is 1.84 bits per heavy atom. The number of amides is 3. The molecule has 0 spiro atoms. The highest BCUT2D eigenvalue weighted by Crippen LogP contribution is 2.43. The van der Waals surface area contributed by atoms with Crippen LogP contribution in [0.1, 0.15) is 56.0 Å². The number of piperidine rings is 1. The van der Waals surface area contributed by atoms with E-state index in [1.807, 2.05) is 6.07 Å².